The van der Waals surface area contributed by atoms with Gasteiger partial charge in [-0.1, -0.05) is 18.6 Å². The second kappa shape index (κ2) is 5.70. The third-order valence-electron chi connectivity index (χ3n) is 4.02. The molecule has 0 spiro atoms. The third-order valence-corrected chi connectivity index (χ3v) is 4.02. The SMILES string of the molecule is CC(C(=O)O)c1ccc(CC2CCCC2O)cc1F. The van der Waals surface area contributed by atoms with Crippen LogP contribution in [0, 0.1) is 11.7 Å². The number of carbonyl (C=O) groups is 1. The van der Waals surface area contributed by atoms with Crippen LogP contribution in [-0.4, -0.2) is 22.3 Å². The Morgan fingerprint density at radius 2 is 2.21 bits per heavy atom. The van der Waals surface area contributed by atoms with E-state index in [1.54, 1.807) is 12.1 Å². The number of aliphatic hydroxyl groups is 1. The second-order valence-corrected chi connectivity index (χ2v) is 5.38. The maximum Gasteiger partial charge on any atom is 0.310 e. The standard InChI is InChI=1S/C15H19FO3/c1-9(15(18)19)12-6-5-10(8-13(12)16)7-11-3-2-4-14(11)17/h5-6,8-9,11,14,17H,2-4,7H2,1H3,(H,18,19). The largest absolute Gasteiger partial charge is 0.481 e. The molecular weight excluding hydrogens is 247 g/mol. The number of hydrogen-bond donors (Lipinski definition) is 2. The molecule has 1 aromatic carbocycles. The van der Waals surface area contributed by atoms with E-state index in [1.807, 2.05) is 0 Å². The van der Waals surface area contributed by atoms with Crippen molar-refractivity contribution in [2.24, 2.45) is 5.92 Å². The van der Waals surface area contributed by atoms with Gasteiger partial charge in [0.25, 0.3) is 0 Å². The third kappa shape index (κ3) is 3.13. The van der Waals surface area contributed by atoms with E-state index in [2.05, 4.69) is 0 Å². The Kier molecular flexibility index (Phi) is 4.20. The van der Waals surface area contributed by atoms with E-state index in [1.165, 1.54) is 13.0 Å². The molecule has 19 heavy (non-hydrogen) atoms. The van der Waals surface area contributed by atoms with Gasteiger partial charge in [-0.3, -0.25) is 4.79 Å². The first-order valence-corrected chi connectivity index (χ1v) is 6.68. The van der Waals surface area contributed by atoms with Crippen LogP contribution in [0.2, 0.25) is 0 Å². The molecule has 1 aliphatic carbocycles. The van der Waals surface area contributed by atoms with E-state index in [0.717, 1.165) is 24.8 Å². The summed E-state index contributed by atoms with van der Waals surface area (Å²) in [5, 5.41) is 18.7. The van der Waals surface area contributed by atoms with Crippen molar-refractivity contribution in [3.05, 3.63) is 35.1 Å². The zero-order valence-corrected chi connectivity index (χ0v) is 11.0. The van der Waals surface area contributed by atoms with Gasteiger partial charge in [0.05, 0.1) is 12.0 Å². The number of benzene rings is 1. The van der Waals surface area contributed by atoms with E-state index in [4.69, 9.17) is 5.11 Å². The first kappa shape index (κ1) is 14.0. The second-order valence-electron chi connectivity index (χ2n) is 5.38. The topological polar surface area (TPSA) is 57.5 Å². The van der Waals surface area contributed by atoms with Crippen molar-refractivity contribution in [3.8, 4) is 0 Å². The number of halogens is 1. The van der Waals surface area contributed by atoms with E-state index < -0.39 is 17.7 Å². The zero-order valence-electron chi connectivity index (χ0n) is 11.0. The van der Waals surface area contributed by atoms with Crippen LogP contribution in [0.1, 0.15) is 43.2 Å². The fourth-order valence-corrected chi connectivity index (χ4v) is 2.74. The van der Waals surface area contributed by atoms with Crippen LogP contribution in [0.5, 0.6) is 0 Å². The van der Waals surface area contributed by atoms with Crippen molar-refractivity contribution in [1.82, 2.24) is 0 Å². The quantitative estimate of drug-likeness (QED) is 0.881. The lowest BCUT2D eigenvalue weighted by Crippen LogP contribution is -2.16. The highest BCUT2D eigenvalue weighted by atomic mass is 19.1. The van der Waals surface area contributed by atoms with Gasteiger partial charge in [0.1, 0.15) is 5.82 Å². The molecule has 1 aliphatic rings. The van der Waals surface area contributed by atoms with Crippen LogP contribution in [0.25, 0.3) is 0 Å². The monoisotopic (exact) mass is 266 g/mol. The molecule has 104 valence electrons. The Labute approximate surface area is 112 Å². The Bertz CT molecular complexity index is 472. The number of carboxylic acid groups (broad SMARTS) is 1. The molecule has 0 amide bonds. The van der Waals surface area contributed by atoms with E-state index in [-0.39, 0.29) is 17.6 Å². The molecule has 0 heterocycles. The number of hydrogen-bond acceptors (Lipinski definition) is 2. The van der Waals surface area contributed by atoms with Gasteiger partial charge in [0.15, 0.2) is 0 Å². The summed E-state index contributed by atoms with van der Waals surface area (Å²) in [6.07, 6.45) is 3.17. The average molecular weight is 266 g/mol. The average Bonchev–Trinajstić information content (AvgIpc) is 2.74. The Balaban J connectivity index is 2.12. The highest BCUT2D eigenvalue weighted by Crippen LogP contribution is 2.29. The van der Waals surface area contributed by atoms with Gasteiger partial charge in [-0.2, -0.15) is 0 Å². The maximum atomic E-state index is 13.9. The highest BCUT2D eigenvalue weighted by Gasteiger charge is 2.26. The Hall–Kier alpha value is -1.42. The van der Waals surface area contributed by atoms with E-state index in [0.29, 0.717) is 6.42 Å². The van der Waals surface area contributed by atoms with Crippen LogP contribution in [0.3, 0.4) is 0 Å². The summed E-state index contributed by atoms with van der Waals surface area (Å²) in [5.74, 6) is -2.15. The molecule has 3 nitrogen and oxygen atoms in total. The molecule has 0 bridgehead atoms. The van der Waals surface area contributed by atoms with Crippen molar-refractivity contribution < 1.29 is 19.4 Å². The molecule has 0 saturated heterocycles. The van der Waals surface area contributed by atoms with Gasteiger partial charge in [0, 0.05) is 5.56 Å². The van der Waals surface area contributed by atoms with Gasteiger partial charge >= 0.3 is 5.97 Å². The predicted molar refractivity (Wildman–Crippen MR) is 69.5 cm³/mol. The summed E-state index contributed by atoms with van der Waals surface area (Å²) < 4.78 is 13.9. The van der Waals surface area contributed by atoms with Gasteiger partial charge in [-0.05, 0) is 43.7 Å². The fraction of sp³-hybridized carbons (Fsp3) is 0.533. The minimum atomic E-state index is -1.03. The summed E-state index contributed by atoms with van der Waals surface area (Å²) in [7, 11) is 0. The van der Waals surface area contributed by atoms with Crippen molar-refractivity contribution >= 4 is 5.97 Å². The maximum absolute atomic E-state index is 13.9. The highest BCUT2D eigenvalue weighted by molar-refractivity contribution is 5.75. The van der Waals surface area contributed by atoms with Crippen molar-refractivity contribution in [2.45, 2.75) is 44.6 Å². The van der Waals surface area contributed by atoms with Gasteiger partial charge < -0.3 is 10.2 Å². The number of carboxylic acids is 1. The molecule has 2 N–H and O–H groups in total. The van der Waals surface area contributed by atoms with Crippen molar-refractivity contribution in [2.75, 3.05) is 0 Å². The van der Waals surface area contributed by atoms with Gasteiger partial charge in [-0.25, -0.2) is 4.39 Å². The molecule has 0 aliphatic heterocycles. The van der Waals surface area contributed by atoms with E-state index in [9.17, 15) is 14.3 Å². The van der Waals surface area contributed by atoms with Crippen LogP contribution in [0.15, 0.2) is 18.2 Å². The zero-order chi connectivity index (χ0) is 14.0. The minimum absolute atomic E-state index is 0.196. The lowest BCUT2D eigenvalue weighted by Gasteiger charge is -2.15. The lowest BCUT2D eigenvalue weighted by atomic mass is 9.93. The molecule has 1 aromatic rings. The van der Waals surface area contributed by atoms with Crippen LogP contribution in [0.4, 0.5) is 4.39 Å². The summed E-state index contributed by atoms with van der Waals surface area (Å²) >= 11 is 0. The lowest BCUT2D eigenvalue weighted by molar-refractivity contribution is -0.138. The molecule has 3 atom stereocenters. The Morgan fingerprint density at radius 1 is 1.47 bits per heavy atom. The summed E-state index contributed by atoms with van der Waals surface area (Å²) in [6, 6.07) is 4.72. The van der Waals surface area contributed by atoms with Gasteiger partial charge in [-0.15, -0.1) is 0 Å². The molecule has 0 radical (unpaired) electrons. The normalized spacial score (nSPS) is 24.4. The van der Waals surface area contributed by atoms with Crippen molar-refractivity contribution in [3.63, 3.8) is 0 Å². The first-order chi connectivity index (χ1) is 8.99. The summed E-state index contributed by atoms with van der Waals surface area (Å²) in [4.78, 5) is 10.9. The van der Waals surface area contributed by atoms with Crippen molar-refractivity contribution in [1.29, 1.82) is 0 Å². The van der Waals surface area contributed by atoms with Gasteiger partial charge in [0.2, 0.25) is 0 Å². The van der Waals surface area contributed by atoms with E-state index >= 15 is 0 Å². The fourth-order valence-electron chi connectivity index (χ4n) is 2.74. The number of aliphatic hydroxyl groups excluding tert-OH is 1. The molecule has 3 unspecified atom stereocenters. The molecule has 1 saturated carbocycles. The minimum Gasteiger partial charge on any atom is -0.481 e. The van der Waals surface area contributed by atoms with Crippen LogP contribution < -0.4 is 0 Å². The molecular formula is C15H19FO3. The summed E-state index contributed by atoms with van der Waals surface area (Å²) in [6.45, 7) is 1.47. The molecule has 2 rings (SSSR count). The van der Waals surface area contributed by atoms with Crippen LogP contribution >= 0.6 is 0 Å². The molecule has 1 fully saturated rings. The Morgan fingerprint density at radius 3 is 2.74 bits per heavy atom. The molecule has 4 heteroatoms. The summed E-state index contributed by atoms with van der Waals surface area (Å²) in [5.41, 5.74) is 1.04. The van der Waals surface area contributed by atoms with Crippen LogP contribution in [-0.2, 0) is 11.2 Å². The first-order valence-electron chi connectivity index (χ1n) is 6.68. The smallest absolute Gasteiger partial charge is 0.310 e. The number of rotatable bonds is 4. The predicted octanol–water partition coefficient (Wildman–Crippen LogP) is 2.72. The molecule has 0 aromatic heterocycles. The number of aliphatic carboxylic acids is 1.